The molecular weight excluding hydrogens is 471 g/mol. The van der Waals surface area contributed by atoms with E-state index in [0.29, 0.717) is 24.5 Å². The van der Waals surface area contributed by atoms with Crippen LogP contribution in [0.5, 0.6) is 0 Å². The SMILES string of the molecule is NS(=O)(=O)CCCSc1nnc(CSc2nc3ccccc3s2)n1Cc1ccccc1. The minimum Gasteiger partial charge on any atom is -0.301 e. The third kappa shape index (κ3) is 6.30. The Morgan fingerprint density at radius 3 is 2.55 bits per heavy atom. The molecule has 0 aliphatic rings. The summed E-state index contributed by atoms with van der Waals surface area (Å²) < 4.78 is 26.6. The first-order valence-corrected chi connectivity index (χ1v) is 14.1. The summed E-state index contributed by atoms with van der Waals surface area (Å²) in [6.45, 7) is 0.654. The molecular formula is C20H21N5O2S4. The van der Waals surface area contributed by atoms with Crippen LogP contribution in [0.15, 0.2) is 64.1 Å². The fraction of sp³-hybridized carbons (Fsp3) is 0.250. The highest BCUT2D eigenvalue weighted by Gasteiger charge is 2.15. The summed E-state index contributed by atoms with van der Waals surface area (Å²) in [6, 6.07) is 18.2. The lowest BCUT2D eigenvalue weighted by atomic mass is 10.2. The number of sulfonamides is 1. The van der Waals surface area contributed by atoms with Gasteiger partial charge in [0.15, 0.2) is 9.50 Å². The van der Waals surface area contributed by atoms with Crippen molar-refractivity contribution in [2.45, 2.75) is 28.2 Å². The number of thiazole rings is 1. The summed E-state index contributed by atoms with van der Waals surface area (Å²) in [7, 11) is -3.45. The molecule has 0 unspecified atom stereocenters. The van der Waals surface area contributed by atoms with Crippen molar-refractivity contribution < 1.29 is 8.42 Å². The molecule has 0 saturated carbocycles. The molecule has 4 aromatic rings. The number of primary sulfonamides is 1. The van der Waals surface area contributed by atoms with Crippen molar-refractivity contribution in [3.8, 4) is 0 Å². The van der Waals surface area contributed by atoms with E-state index in [9.17, 15) is 8.42 Å². The van der Waals surface area contributed by atoms with Crippen LogP contribution in [-0.2, 0) is 22.3 Å². The van der Waals surface area contributed by atoms with Crippen molar-refractivity contribution >= 4 is 55.1 Å². The molecule has 0 radical (unpaired) electrons. The molecule has 2 aromatic carbocycles. The van der Waals surface area contributed by atoms with E-state index in [1.807, 2.05) is 36.4 Å². The molecule has 0 amide bonds. The summed E-state index contributed by atoms with van der Waals surface area (Å²) >= 11 is 4.82. The van der Waals surface area contributed by atoms with Crippen molar-refractivity contribution in [2.75, 3.05) is 11.5 Å². The fourth-order valence-corrected chi connectivity index (χ4v) is 6.55. The number of hydrogen-bond donors (Lipinski definition) is 1. The minimum atomic E-state index is -3.45. The zero-order chi connectivity index (χ0) is 21.7. The molecule has 2 heterocycles. The topological polar surface area (TPSA) is 104 Å². The van der Waals surface area contributed by atoms with E-state index in [1.54, 1.807) is 23.1 Å². The van der Waals surface area contributed by atoms with Gasteiger partial charge in [-0.05, 0) is 24.1 Å². The molecule has 0 saturated heterocycles. The maximum Gasteiger partial charge on any atom is 0.209 e. The van der Waals surface area contributed by atoms with Crippen LogP contribution in [0, 0.1) is 0 Å². The first kappa shape index (κ1) is 22.3. The van der Waals surface area contributed by atoms with Gasteiger partial charge in [0.2, 0.25) is 10.0 Å². The highest BCUT2D eigenvalue weighted by atomic mass is 32.2. The van der Waals surface area contributed by atoms with Gasteiger partial charge in [-0.15, -0.1) is 21.5 Å². The summed E-state index contributed by atoms with van der Waals surface area (Å²) in [5.41, 5.74) is 2.16. The van der Waals surface area contributed by atoms with E-state index in [4.69, 9.17) is 5.14 Å². The highest BCUT2D eigenvalue weighted by Crippen LogP contribution is 2.32. The molecule has 0 fully saturated rings. The van der Waals surface area contributed by atoms with Crippen LogP contribution in [-0.4, -0.2) is 39.7 Å². The number of nitrogens with zero attached hydrogens (tertiary/aromatic N) is 4. The van der Waals surface area contributed by atoms with E-state index >= 15 is 0 Å². The van der Waals surface area contributed by atoms with Crippen LogP contribution in [0.1, 0.15) is 17.8 Å². The van der Waals surface area contributed by atoms with Gasteiger partial charge < -0.3 is 4.57 Å². The van der Waals surface area contributed by atoms with Gasteiger partial charge in [0.05, 0.1) is 28.3 Å². The Balaban J connectivity index is 1.49. The third-order valence-corrected chi connectivity index (χ3v) is 8.47. The molecule has 2 aromatic heterocycles. The number of para-hydroxylation sites is 1. The predicted molar refractivity (Wildman–Crippen MR) is 128 cm³/mol. The molecule has 7 nitrogen and oxygen atoms in total. The van der Waals surface area contributed by atoms with Crippen LogP contribution >= 0.6 is 34.9 Å². The van der Waals surface area contributed by atoms with E-state index in [2.05, 4.69) is 37.9 Å². The van der Waals surface area contributed by atoms with Gasteiger partial charge in [-0.3, -0.25) is 0 Å². The van der Waals surface area contributed by atoms with E-state index in [0.717, 1.165) is 26.4 Å². The zero-order valence-electron chi connectivity index (χ0n) is 16.5. The standard InChI is InChI=1S/C20H21N5O2S4/c21-31(26,27)12-6-11-28-19-24-23-18(25(19)13-15-7-2-1-3-8-15)14-29-20-22-16-9-4-5-10-17(16)30-20/h1-5,7-10H,6,11-14H2,(H2,21,26,27). The lowest BCUT2D eigenvalue weighted by molar-refractivity contribution is 0.596. The minimum absolute atomic E-state index is 0.0346. The average molecular weight is 492 g/mol. The van der Waals surface area contributed by atoms with Crippen LogP contribution < -0.4 is 5.14 Å². The Kier molecular flexibility index (Phi) is 7.28. The van der Waals surface area contributed by atoms with E-state index in [1.165, 1.54) is 16.5 Å². The summed E-state index contributed by atoms with van der Waals surface area (Å²) in [5.74, 6) is 2.08. The largest absolute Gasteiger partial charge is 0.301 e. The summed E-state index contributed by atoms with van der Waals surface area (Å²) in [6.07, 6.45) is 0.470. The third-order valence-electron chi connectivity index (χ3n) is 4.38. The van der Waals surface area contributed by atoms with Gasteiger partial charge in [0, 0.05) is 5.75 Å². The van der Waals surface area contributed by atoms with Gasteiger partial charge in [0.25, 0.3) is 0 Å². The number of thioether (sulfide) groups is 2. The lowest BCUT2D eigenvalue weighted by Crippen LogP contribution is -2.16. The molecule has 0 aliphatic heterocycles. The fourth-order valence-electron chi connectivity index (χ4n) is 2.92. The van der Waals surface area contributed by atoms with Crippen LogP contribution in [0.2, 0.25) is 0 Å². The average Bonchev–Trinajstić information content (AvgIpc) is 3.33. The highest BCUT2D eigenvalue weighted by molar-refractivity contribution is 8.00. The molecule has 0 bridgehead atoms. The van der Waals surface area contributed by atoms with E-state index in [-0.39, 0.29) is 5.75 Å². The first-order chi connectivity index (χ1) is 15.0. The zero-order valence-corrected chi connectivity index (χ0v) is 19.8. The van der Waals surface area contributed by atoms with Crippen molar-refractivity contribution in [3.63, 3.8) is 0 Å². The van der Waals surface area contributed by atoms with Crippen LogP contribution in [0.25, 0.3) is 10.2 Å². The van der Waals surface area contributed by atoms with E-state index < -0.39 is 10.0 Å². The summed E-state index contributed by atoms with van der Waals surface area (Å²) in [4.78, 5) is 4.68. The smallest absolute Gasteiger partial charge is 0.209 e. The van der Waals surface area contributed by atoms with Gasteiger partial charge in [-0.1, -0.05) is 66.0 Å². The number of benzene rings is 2. The maximum absolute atomic E-state index is 11.2. The monoisotopic (exact) mass is 491 g/mol. The summed E-state index contributed by atoms with van der Waals surface area (Å²) in [5, 5.41) is 14.7. The Hall–Kier alpha value is -1.92. The van der Waals surface area contributed by atoms with Gasteiger partial charge in [-0.2, -0.15) is 0 Å². The number of nitrogens with two attached hydrogens (primary N) is 1. The second kappa shape index (κ2) is 10.1. The Morgan fingerprint density at radius 2 is 1.77 bits per heavy atom. The number of aromatic nitrogens is 4. The predicted octanol–water partition coefficient (Wildman–Crippen LogP) is 4.00. The second-order valence-corrected chi connectivity index (χ2v) is 11.8. The van der Waals surface area contributed by atoms with Gasteiger partial charge >= 0.3 is 0 Å². The first-order valence-electron chi connectivity index (χ1n) is 9.55. The molecule has 0 spiro atoms. The molecule has 162 valence electrons. The van der Waals surface area contributed by atoms with Gasteiger partial charge in [-0.25, -0.2) is 18.5 Å². The molecule has 4 rings (SSSR count). The quantitative estimate of drug-likeness (QED) is 0.264. The number of hydrogen-bond acceptors (Lipinski definition) is 8. The number of fused-ring (bicyclic) bond motifs is 1. The van der Waals surface area contributed by atoms with Crippen molar-refractivity contribution in [2.24, 2.45) is 5.14 Å². The van der Waals surface area contributed by atoms with Gasteiger partial charge in [0.1, 0.15) is 5.82 Å². The second-order valence-electron chi connectivity index (χ2n) is 6.78. The van der Waals surface area contributed by atoms with Crippen molar-refractivity contribution in [1.29, 1.82) is 0 Å². The molecule has 2 N–H and O–H groups in total. The van der Waals surface area contributed by atoms with Crippen LogP contribution in [0.4, 0.5) is 0 Å². The van der Waals surface area contributed by atoms with Crippen molar-refractivity contribution in [1.82, 2.24) is 19.7 Å². The maximum atomic E-state index is 11.2. The molecule has 31 heavy (non-hydrogen) atoms. The Bertz CT molecular complexity index is 1220. The number of rotatable bonds is 10. The van der Waals surface area contributed by atoms with Crippen molar-refractivity contribution in [3.05, 3.63) is 66.0 Å². The van der Waals surface area contributed by atoms with Crippen LogP contribution in [0.3, 0.4) is 0 Å². The molecule has 11 heteroatoms. The molecule has 0 aliphatic carbocycles. The molecule has 0 atom stereocenters. The lowest BCUT2D eigenvalue weighted by Gasteiger charge is -2.10. The Morgan fingerprint density at radius 1 is 1.00 bits per heavy atom. The Labute approximate surface area is 193 Å². The normalized spacial score (nSPS) is 11.9.